The molecule has 1 saturated heterocycles. The first-order chi connectivity index (χ1) is 16.1. The maximum Gasteiger partial charge on any atom is 0.257 e. The fourth-order valence-electron chi connectivity index (χ4n) is 5.61. The van der Waals surface area contributed by atoms with Gasteiger partial charge in [0.05, 0.1) is 17.7 Å². The molecule has 0 bridgehead atoms. The van der Waals surface area contributed by atoms with Gasteiger partial charge in [-0.25, -0.2) is 0 Å². The second-order valence-electron chi connectivity index (χ2n) is 9.45. The van der Waals surface area contributed by atoms with Crippen LogP contribution in [0.25, 0.3) is 0 Å². The number of carbonyl (C=O) groups excluding carboxylic acids is 3. The summed E-state index contributed by atoms with van der Waals surface area (Å²) in [5.74, 6) is -0.463. The minimum absolute atomic E-state index is 0.000133. The van der Waals surface area contributed by atoms with Gasteiger partial charge < -0.3 is 19.5 Å². The molecule has 0 unspecified atom stereocenters. The number of likely N-dealkylation sites (tertiary alicyclic amines) is 1. The van der Waals surface area contributed by atoms with E-state index in [2.05, 4.69) is 11.4 Å². The largest absolute Gasteiger partial charge is 0.472 e. The van der Waals surface area contributed by atoms with Crippen molar-refractivity contribution in [3.63, 3.8) is 0 Å². The zero-order chi connectivity index (χ0) is 22.8. The second kappa shape index (κ2) is 9.41. The van der Waals surface area contributed by atoms with E-state index in [1.54, 1.807) is 6.07 Å². The van der Waals surface area contributed by atoms with E-state index in [4.69, 9.17) is 4.42 Å². The number of benzene rings is 1. The van der Waals surface area contributed by atoms with Gasteiger partial charge in [-0.15, -0.1) is 0 Å². The topological polar surface area (TPSA) is 82.9 Å². The molecule has 1 saturated carbocycles. The minimum atomic E-state index is -0.274. The van der Waals surface area contributed by atoms with Gasteiger partial charge in [0.15, 0.2) is 0 Å². The van der Waals surface area contributed by atoms with E-state index in [1.165, 1.54) is 18.1 Å². The Balaban J connectivity index is 1.19. The monoisotopic (exact) mass is 449 g/mol. The molecule has 33 heavy (non-hydrogen) atoms. The first kappa shape index (κ1) is 21.7. The SMILES string of the molecule is O=C(NC1CCN(C(=O)c2ccoc2)CC1)[C@H]1CCCC[C@H]1C(=O)N1CCc2ccccc21. The summed E-state index contributed by atoms with van der Waals surface area (Å²) in [7, 11) is 0. The zero-order valence-corrected chi connectivity index (χ0v) is 18.9. The van der Waals surface area contributed by atoms with Crippen LogP contribution in [0.5, 0.6) is 0 Å². The van der Waals surface area contributed by atoms with Crippen molar-refractivity contribution in [2.45, 2.75) is 51.0 Å². The van der Waals surface area contributed by atoms with Crippen LogP contribution in [-0.4, -0.2) is 48.3 Å². The van der Waals surface area contributed by atoms with E-state index >= 15 is 0 Å². The molecule has 174 valence electrons. The molecule has 0 radical (unpaired) electrons. The maximum absolute atomic E-state index is 13.5. The Morgan fingerprint density at radius 1 is 0.909 bits per heavy atom. The summed E-state index contributed by atoms with van der Waals surface area (Å²) >= 11 is 0. The second-order valence-corrected chi connectivity index (χ2v) is 9.45. The first-order valence-electron chi connectivity index (χ1n) is 12.1. The van der Waals surface area contributed by atoms with Crippen LogP contribution in [0.15, 0.2) is 47.3 Å². The summed E-state index contributed by atoms with van der Waals surface area (Å²) in [6.07, 6.45) is 8.79. The van der Waals surface area contributed by atoms with Crippen molar-refractivity contribution in [3.05, 3.63) is 54.0 Å². The minimum Gasteiger partial charge on any atom is -0.472 e. The Kier molecular flexibility index (Phi) is 6.20. The number of furan rings is 1. The van der Waals surface area contributed by atoms with Crippen molar-refractivity contribution in [2.24, 2.45) is 11.8 Å². The molecule has 2 aromatic rings. The number of fused-ring (bicyclic) bond motifs is 1. The van der Waals surface area contributed by atoms with E-state index in [9.17, 15) is 14.4 Å². The van der Waals surface area contributed by atoms with E-state index in [0.717, 1.165) is 50.6 Å². The number of hydrogen-bond donors (Lipinski definition) is 1. The Bertz CT molecular complexity index is 1010. The van der Waals surface area contributed by atoms with Gasteiger partial charge in [-0.1, -0.05) is 31.0 Å². The Labute approximate surface area is 194 Å². The average molecular weight is 450 g/mol. The van der Waals surface area contributed by atoms with Crippen molar-refractivity contribution in [2.75, 3.05) is 24.5 Å². The van der Waals surface area contributed by atoms with E-state index < -0.39 is 0 Å². The smallest absolute Gasteiger partial charge is 0.257 e. The lowest BCUT2D eigenvalue weighted by atomic mass is 9.77. The Morgan fingerprint density at radius 3 is 2.42 bits per heavy atom. The molecule has 3 aliphatic rings. The van der Waals surface area contributed by atoms with Crippen LogP contribution in [0.3, 0.4) is 0 Å². The molecule has 1 N–H and O–H groups in total. The van der Waals surface area contributed by atoms with Crippen LogP contribution in [0.2, 0.25) is 0 Å². The molecular formula is C26H31N3O4. The molecule has 1 aromatic carbocycles. The highest BCUT2D eigenvalue weighted by molar-refractivity contribution is 5.99. The fraction of sp³-hybridized carbons (Fsp3) is 0.500. The van der Waals surface area contributed by atoms with Crippen molar-refractivity contribution in [1.82, 2.24) is 10.2 Å². The van der Waals surface area contributed by atoms with Crippen LogP contribution < -0.4 is 10.2 Å². The summed E-state index contributed by atoms with van der Waals surface area (Å²) < 4.78 is 5.02. The molecule has 1 aromatic heterocycles. The summed E-state index contributed by atoms with van der Waals surface area (Å²) in [5.41, 5.74) is 2.77. The molecule has 5 rings (SSSR count). The predicted octanol–water partition coefficient (Wildman–Crippen LogP) is 3.40. The highest BCUT2D eigenvalue weighted by atomic mass is 16.3. The highest BCUT2D eigenvalue weighted by Gasteiger charge is 2.40. The number of piperidine rings is 1. The van der Waals surface area contributed by atoms with Crippen LogP contribution in [-0.2, 0) is 16.0 Å². The molecular weight excluding hydrogens is 418 g/mol. The lowest BCUT2D eigenvalue weighted by molar-refractivity contribution is -0.135. The van der Waals surface area contributed by atoms with Crippen molar-refractivity contribution >= 4 is 23.4 Å². The quantitative estimate of drug-likeness (QED) is 0.776. The molecule has 7 nitrogen and oxygen atoms in total. The molecule has 3 heterocycles. The third-order valence-corrected chi connectivity index (χ3v) is 7.47. The first-order valence-corrected chi connectivity index (χ1v) is 12.1. The average Bonchev–Trinajstić information content (AvgIpc) is 3.54. The van der Waals surface area contributed by atoms with Gasteiger partial charge in [0.1, 0.15) is 6.26 Å². The van der Waals surface area contributed by atoms with Crippen LogP contribution in [0, 0.1) is 11.8 Å². The number of anilines is 1. The third kappa shape index (κ3) is 4.41. The number of nitrogens with zero attached hydrogens (tertiary/aromatic N) is 2. The van der Waals surface area contributed by atoms with Gasteiger partial charge in [0.2, 0.25) is 11.8 Å². The van der Waals surface area contributed by atoms with Gasteiger partial charge in [-0.05, 0) is 49.8 Å². The summed E-state index contributed by atoms with van der Waals surface area (Å²) in [4.78, 5) is 43.0. The van der Waals surface area contributed by atoms with E-state index in [1.807, 2.05) is 28.0 Å². The lowest BCUT2D eigenvalue weighted by Crippen LogP contribution is -2.50. The normalized spacial score (nSPS) is 23.3. The third-order valence-electron chi connectivity index (χ3n) is 7.47. The number of nitrogens with one attached hydrogen (secondary N) is 1. The van der Waals surface area contributed by atoms with Crippen molar-refractivity contribution in [1.29, 1.82) is 0 Å². The Morgan fingerprint density at radius 2 is 1.67 bits per heavy atom. The summed E-state index contributed by atoms with van der Waals surface area (Å²) in [5, 5.41) is 3.21. The molecule has 2 fully saturated rings. The number of para-hydroxylation sites is 1. The summed E-state index contributed by atoms with van der Waals surface area (Å²) in [6.45, 7) is 1.91. The van der Waals surface area contributed by atoms with Crippen LogP contribution >= 0.6 is 0 Å². The number of carbonyl (C=O) groups is 3. The highest BCUT2D eigenvalue weighted by Crippen LogP contribution is 2.36. The standard InChI is InChI=1S/C26H31N3O4/c30-24(27-20-10-13-28(14-11-20)25(31)19-12-16-33-17-19)21-6-2-3-7-22(21)26(32)29-15-9-18-5-1-4-8-23(18)29/h1,4-5,8,12,16-17,20-22H,2-3,6-7,9-11,13-15H2,(H,27,30)/t21-,22+/m0/s1. The van der Waals surface area contributed by atoms with Gasteiger partial charge in [-0.2, -0.15) is 0 Å². The van der Waals surface area contributed by atoms with Gasteiger partial charge in [-0.3, -0.25) is 14.4 Å². The van der Waals surface area contributed by atoms with Crippen LogP contribution in [0.1, 0.15) is 54.4 Å². The van der Waals surface area contributed by atoms with Crippen molar-refractivity contribution < 1.29 is 18.8 Å². The van der Waals surface area contributed by atoms with Crippen molar-refractivity contribution in [3.8, 4) is 0 Å². The fourth-order valence-corrected chi connectivity index (χ4v) is 5.61. The summed E-state index contributed by atoms with van der Waals surface area (Å²) in [6, 6.07) is 9.79. The number of rotatable bonds is 4. The van der Waals surface area contributed by atoms with Gasteiger partial charge in [0, 0.05) is 37.3 Å². The molecule has 7 heteroatoms. The van der Waals surface area contributed by atoms with E-state index in [-0.39, 0.29) is 35.6 Å². The predicted molar refractivity (Wildman–Crippen MR) is 124 cm³/mol. The van der Waals surface area contributed by atoms with Crippen LogP contribution in [0.4, 0.5) is 5.69 Å². The molecule has 2 atom stereocenters. The number of amides is 3. The number of hydrogen-bond acceptors (Lipinski definition) is 4. The zero-order valence-electron chi connectivity index (χ0n) is 18.9. The Hall–Kier alpha value is -3.09. The molecule has 3 amide bonds. The maximum atomic E-state index is 13.5. The van der Waals surface area contributed by atoms with Gasteiger partial charge >= 0.3 is 0 Å². The molecule has 1 aliphatic carbocycles. The lowest BCUT2D eigenvalue weighted by Gasteiger charge is -2.36. The molecule has 0 spiro atoms. The molecule has 2 aliphatic heterocycles. The van der Waals surface area contributed by atoms with E-state index in [0.29, 0.717) is 25.2 Å². The van der Waals surface area contributed by atoms with Gasteiger partial charge in [0.25, 0.3) is 5.91 Å².